The molecule has 2 rings (SSSR count). The average molecular weight is 231 g/mol. The van der Waals surface area contributed by atoms with Gasteiger partial charge in [0.2, 0.25) is 0 Å². The Bertz CT molecular complexity index is 508. The Morgan fingerprint density at radius 3 is 2.88 bits per heavy atom. The van der Waals surface area contributed by atoms with Crippen LogP contribution < -0.4 is 0 Å². The molecule has 0 N–H and O–H groups in total. The Morgan fingerprint density at radius 1 is 1.41 bits per heavy atom. The minimum atomic E-state index is -0.193. The summed E-state index contributed by atoms with van der Waals surface area (Å²) in [7, 11) is 3.03. The number of hydroxylamine groups is 2. The first-order chi connectivity index (χ1) is 8.22. The fourth-order valence-corrected chi connectivity index (χ4v) is 1.47. The predicted octanol–water partition coefficient (Wildman–Crippen LogP) is 1.51. The number of nitrogens with zero attached hydrogens (tertiary/aromatic N) is 3. The van der Waals surface area contributed by atoms with E-state index in [1.165, 1.54) is 12.2 Å². The van der Waals surface area contributed by atoms with Gasteiger partial charge in [0.05, 0.1) is 12.8 Å². The minimum Gasteiger partial charge on any atom is -0.274 e. The van der Waals surface area contributed by atoms with Gasteiger partial charge in [-0.2, -0.15) is 5.10 Å². The van der Waals surface area contributed by atoms with Gasteiger partial charge in [-0.15, -0.1) is 0 Å². The van der Waals surface area contributed by atoms with Gasteiger partial charge in [0.15, 0.2) is 0 Å². The number of carbonyl (C=O) groups excluding carboxylic acids is 1. The van der Waals surface area contributed by atoms with E-state index in [2.05, 4.69) is 5.10 Å². The van der Waals surface area contributed by atoms with Crippen LogP contribution in [0.25, 0.3) is 5.69 Å². The number of rotatable bonds is 3. The summed E-state index contributed by atoms with van der Waals surface area (Å²) in [5, 5.41) is 5.30. The van der Waals surface area contributed by atoms with Crippen LogP contribution in [-0.2, 0) is 4.84 Å². The molecule has 1 aromatic carbocycles. The topological polar surface area (TPSA) is 47.4 Å². The molecule has 0 fully saturated rings. The molecule has 2 aromatic rings. The predicted molar refractivity (Wildman–Crippen MR) is 62.7 cm³/mol. The largest absolute Gasteiger partial charge is 0.277 e. The molecule has 0 spiro atoms. The van der Waals surface area contributed by atoms with E-state index >= 15 is 0 Å². The highest BCUT2D eigenvalue weighted by atomic mass is 16.7. The highest BCUT2D eigenvalue weighted by Gasteiger charge is 2.11. The van der Waals surface area contributed by atoms with Crippen LogP contribution in [0.5, 0.6) is 0 Å². The van der Waals surface area contributed by atoms with Crippen molar-refractivity contribution in [2.45, 2.75) is 0 Å². The first kappa shape index (κ1) is 11.3. The third kappa shape index (κ3) is 2.34. The zero-order chi connectivity index (χ0) is 12.3. The van der Waals surface area contributed by atoms with Crippen LogP contribution in [0.15, 0.2) is 42.7 Å². The lowest BCUT2D eigenvalue weighted by atomic mass is 10.2. The Kier molecular flexibility index (Phi) is 3.20. The van der Waals surface area contributed by atoms with E-state index in [0.717, 1.165) is 5.69 Å². The summed E-state index contributed by atoms with van der Waals surface area (Å²) in [6, 6.07) is 9.04. The Balaban J connectivity index is 2.32. The molecule has 0 radical (unpaired) electrons. The van der Waals surface area contributed by atoms with Crippen molar-refractivity contribution in [2.24, 2.45) is 0 Å². The Hall–Kier alpha value is -2.14. The van der Waals surface area contributed by atoms with E-state index in [9.17, 15) is 4.79 Å². The van der Waals surface area contributed by atoms with E-state index in [1.54, 1.807) is 30.1 Å². The van der Waals surface area contributed by atoms with Gasteiger partial charge in [-0.3, -0.25) is 9.63 Å². The Labute approximate surface area is 99.2 Å². The second-order valence-electron chi connectivity index (χ2n) is 3.49. The van der Waals surface area contributed by atoms with Crippen LogP contribution in [0, 0.1) is 0 Å². The van der Waals surface area contributed by atoms with Gasteiger partial charge in [0.1, 0.15) is 0 Å². The van der Waals surface area contributed by atoms with Crippen LogP contribution >= 0.6 is 0 Å². The number of hydrogen-bond donors (Lipinski definition) is 0. The van der Waals surface area contributed by atoms with Crippen LogP contribution in [0.2, 0.25) is 0 Å². The van der Waals surface area contributed by atoms with Crippen LogP contribution in [0.3, 0.4) is 0 Å². The molecule has 0 atom stereocenters. The maximum Gasteiger partial charge on any atom is 0.277 e. The molecule has 0 saturated carbocycles. The van der Waals surface area contributed by atoms with Crippen molar-refractivity contribution in [3.05, 3.63) is 48.3 Å². The van der Waals surface area contributed by atoms with Crippen molar-refractivity contribution in [3.63, 3.8) is 0 Å². The van der Waals surface area contributed by atoms with Gasteiger partial charge in [-0.05, 0) is 24.3 Å². The van der Waals surface area contributed by atoms with Gasteiger partial charge >= 0.3 is 0 Å². The average Bonchev–Trinajstić information content (AvgIpc) is 2.91. The SMILES string of the molecule is CON(C)C(=O)c1cccc(-n2cccn2)c1. The van der Waals surface area contributed by atoms with Gasteiger partial charge < -0.3 is 0 Å². The fraction of sp³-hybridized carbons (Fsp3) is 0.167. The smallest absolute Gasteiger partial charge is 0.274 e. The summed E-state index contributed by atoms with van der Waals surface area (Å²) in [5.41, 5.74) is 1.40. The first-order valence-electron chi connectivity index (χ1n) is 5.14. The molecule has 1 amide bonds. The highest BCUT2D eigenvalue weighted by Crippen LogP contribution is 2.11. The molecular weight excluding hydrogens is 218 g/mol. The van der Waals surface area contributed by atoms with Crippen molar-refractivity contribution < 1.29 is 9.63 Å². The summed E-state index contributed by atoms with van der Waals surface area (Å²) < 4.78 is 1.70. The van der Waals surface area contributed by atoms with Crippen LogP contribution in [-0.4, -0.2) is 34.9 Å². The van der Waals surface area contributed by atoms with E-state index in [0.29, 0.717) is 5.56 Å². The molecule has 1 aromatic heterocycles. The molecular formula is C12H13N3O2. The molecule has 5 nitrogen and oxygen atoms in total. The molecule has 0 aliphatic carbocycles. The Morgan fingerprint density at radius 2 is 2.24 bits per heavy atom. The van der Waals surface area contributed by atoms with Gasteiger partial charge in [-0.1, -0.05) is 6.07 Å². The van der Waals surface area contributed by atoms with Crippen molar-refractivity contribution in [1.29, 1.82) is 0 Å². The van der Waals surface area contributed by atoms with E-state index in [4.69, 9.17) is 4.84 Å². The lowest BCUT2D eigenvalue weighted by Gasteiger charge is -2.14. The quantitative estimate of drug-likeness (QED) is 0.752. The fourth-order valence-electron chi connectivity index (χ4n) is 1.47. The standard InChI is InChI=1S/C12H13N3O2/c1-14(17-2)12(16)10-5-3-6-11(9-10)15-8-4-7-13-15/h3-9H,1-2H3. The highest BCUT2D eigenvalue weighted by molar-refractivity contribution is 5.93. The molecule has 0 aliphatic rings. The van der Waals surface area contributed by atoms with E-state index < -0.39 is 0 Å². The molecule has 0 unspecified atom stereocenters. The lowest BCUT2D eigenvalue weighted by molar-refractivity contribution is -0.0756. The van der Waals surface area contributed by atoms with Crippen molar-refractivity contribution in [1.82, 2.24) is 14.8 Å². The molecule has 0 aliphatic heterocycles. The summed E-state index contributed by atoms with van der Waals surface area (Å²) in [6.45, 7) is 0. The van der Waals surface area contributed by atoms with Crippen LogP contribution in [0.1, 0.15) is 10.4 Å². The summed E-state index contributed by atoms with van der Waals surface area (Å²) >= 11 is 0. The lowest BCUT2D eigenvalue weighted by Crippen LogP contribution is -2.25. The molecule has 1 heterocycles. The first-order valence-corrected chi connectivity index (χ1v) is 5.14. The number of hydrogen-bond acceptors (Lipinski definition) is 3. The van der Waals surface area contributed by atoms with E-state index in [-0.39, 0.29) is 5.91 Å². The maximum atomic E-state index is 11.9. The molecule has 5 heteroatoms. The molecule has 17 heavy (non-hydrogen) atoms. The third-order valence-corrected chi connectivity index (χ3v) is 2.42. The van der Waals surface area contributed by atoms with Gasteiger partial charge in [0, 0.05) is 25.0 Å². The second-order valence-corrected chi connectivity index (χ2v) is 3.49. The zero-order valence-corrected chi connectivity index (χ0v) is 9.70. The second kappa shape index (κ2) is 4.80. The van der Waals surface area contributed by atoms with Crippen molar-refractivity contribution in [2.75, 3.05) is 14.2 Å². The van der Waals surface area contributed by atoms with E-state index in [1.807, 2.05) is 24.4 Å². The summed E-state index contributed by atoms with van der Waals surface area (Å²) in [6.07, 6.45) is 3.51. The van der Waals surface area contributed by atoms with Crippen LogP contribution in [0.4, 0.5) is 0 Å². The number of benzene rings is 1. The number of carbonyl (C=O) groups is 1. The maximum absolute atomic E-state index is 11.9. The third-order valence-electron chi connectivity index (χ3n) is 2.42. The number of amides is 1. The normalized spacial score (nSPS) is 10.2. The molecule has 88 valence electrons. The van der Waals surface area contributed by atoms with Gasteiger partial charge in [0.25, 0.3) is 5.91 Å². The van der Waals surface area contributed by atoms with Gasteiger partial charge in [-0.25, -0.2) is 9.75 Å². The van der Waals surface area contributed by atoms with Crippen molar-refractivity contribution >= 4 is 5.91 Å². The molecule has 0 bridgehead atoms. The number of aromatic nitrogens is 2. The summed E-state index contributed by atoms with van der Waals surface area (Å²) in [4.78, 5) is 16.7. The van der Waals surface area contributed by atoms with Crippen molar-refractivity contribution in [3.8, 4) is 5.69 Å². The minimum absolute atomic E-state index is 0.193. The monoisotopic (exact) mass is 231 g/mol. The summed E-state index contributed by atoms with van der Waals surface area (Å²) in [5.74, 6) is -0.193. The molecule has 0 saturated heterocycles. The zero-order valence-electron chi connectivity index (χ0n) is 9.70.